The van der Waals surface area contributed by atoms with Crippen LogP contribution in [0, 0.1) is 0 Å². The number of aromatic nitrogens is 2. The van der Waals surface area contributed by atoms with E-state index in [0.717, 1.165) is 0 Å². The van der Waals surface area contributed by atoms with Crippen LogP contribution in [0.15, 0.2) is 115 Å². The van der Waals surface area contributed by atoms with Crippen molar-refractivity contribution >= 4 is 57.2 Å². The molecule has 1 aliphatic heterocycles. The molecule has 2 aromatic heterocycles. The van der Waals surface area contributed by atoms with E-state index in [9.17, 15) is 0 Å². The van der Waals surface area contributed by atoms with Crippen molar-refractivity contribution in [2.75, 3.05) is 0 Å². The van der Waals surface area contributed by atoms with Gasteiger partial charge in [0.1, 0.15) is 8.40 Å². The molecule has 0 bridgehead atoms. The fourth-order valence-electron chi connectivity index (χ4n) is 7.28. The van der Waals surface area contributed by atoms with Crippen LogP contribution in [0.4, 0.5) is 0 Å². The molecule has 0 unspecified atom stereocenters. The van der Waals surface area contributed by atoms with Crippen molar-refractivity contribution in [3.63, 3.8) is 0 Å². The minimum absolute atomic E-state index is 0.0532. The Hall–Kier alpha value is -4.08. The first kappa shape index (κ1) is 21.0. The second-order valence-corrected chi connectivity index (χ2v) is 15.7. The predicted molar refractivity (Wildman–Crippen MR) is 160 cm³/mol. The van der Waals surface area contributed by atoms with Gasteiger partial charge < -0.3 is 8.47 Å². The Morgan fingerprint density at radius 1 is 0.459 bits per heavy atom. The number of rotatable bonds is 1. The molecule has 0 spiro atoms. The molecule has 0 fully saturated rings. The Labute approximate surface area is 217 Å². The van der Waals surface area contributed by atoms with Crippen LogP contribution >= 0.6 is 0 Å². The van der Waals surface area contributed by atoms with E-state index in [1.807, 2.05) is 0 Å². The molecule has 0 atom stereocenters. The highest BCUT2D eigenvalue weighted by atomic mass is 28.3. The van der Waals surface area contributed by atoms with Crippen LogP contribution in [-0.4, -0.2) is 16.9 Å². The average Bonchev–Trinajstić information content (AvgIpc) is 3.39. The lowest BCUT2D eigenvalue weighted by Crippen LogP contribution is -2.66. The molecule has 7 aromatic rings. The fraction of sp³-hybridized carbons (Fsp3) is 0.118. The second-order valence-electron chi connectivity index (χ2n) is 11.4. The van der Waals surface area contributed by atoms with Gasteiger partial charge in [0.2, 0.25) is 0 Å². The van der Waals surface area contributed by atoms with Crippen molar-refractivity contribution in [2.24, 2.45) is 0 Å². The van der Waals surface area contributed by atoms with E-state index >= 15 is 0 Å². The topological polar surface area (TPSA) is 9.86 Å². The zero-order valence-electron chi connectivity index (χ0n) is 21.4. The van der Waals surface area contributed by atoms with Gasteiger partial charge in [-0.3, -0.25) is 0 Å². The number of fused-ring (bicyclic) bond motifs is 7. The number of hydrogen-bond acceptors (Lipinski definition) is 0. The molecule has 37 heavy (non-hydrogen) atoms. The Balaban J connectivity index is 1.81. The Morgan fingerprint density at radius 3 is 1.38 bits per heavy atom. The van der Waals surface area contributed by atoms with Crippen LogP contribution in [0.5, 0.6) is 0 Å². The van der Waals surface area contributed by atoms with Gasteiger partial charge in [0.25, 0.3) is 0 Å². The predicted octanol–water partition coefficient (Wildman–Crippen LogP) is 8.43. The van der Waals surface area contributed by atoms with Gasteiger partial charge in [0.05, 0.1) is 0 Å². The van der Waals surface area contributed by atoms with Gasteiger partial charge in [-0.05, 0) is 12.1 Å². The van der Waals surface area contributed by atoms with E-state index < -0.39 is 8.40 Å². The zero-order valence-corrected chi connectivity index (χ0v) is 22.4. The SMILES string of the molecule is CC(C)(C)[Si-]1(c2ccccc2)n2c3ccccc3c3cccc(c32)-c2cccc3c4ccccc4n1c23. The van der Waals surface area contributed by atoms with Gasteiger partial charge in [0.15, 0.2) is 0 Å². The summed E-state index contributed by atoms with van der Waals surface area (Å²) in [6.07, 6.45) is 0. The van der Waals surface area contributed by atoms with Gasteiger partial charge in [-0.2, -0.15) is 0 Å². The molecule has 0 amide bonds. The highest BCUT2D eigenvalue weighted by Crippen LogP contribution is 2.51. The molecule has 3 heteroatoms. The van der Waals surface area contributed by atoms with Crippen molar-refractivity contribution in [1.82, 2.24) is 8.47 Å². The van der Waals surface area contributed by atoms with Gasteiger partial charge in [-0.25, -0.2) is 0 Å². The van der Waals surface area contributed by atoms with Crippen molar-refractivity contribution in [3.8, 4) is 11.1 Å². The van der Waals surface area contributed by atoms with E-state index in [1.54, 1.807) is 0 Å². The summed E-state index contributed by atoms with van der Waals surface area (Å²) < 4.78 is 5.63. The number of benzene rings is 5. The maximum absolute atomic E-state index is 2.81. The van der Waals surface area contributed by atoms with Gasteiger partial charge >= 0.3 is 0 Å². The first-order valence-electron chi connectivity index (χ1n) is 13.1. The van der Waals surface area contributed by atoms with E-state index in [1.165, 1.54) is 59.9 Å². The van der Waals surface area contributed by atoms with Gasteiger partial charge in [0, 0.05) is 54.7 Å². The highest BCUT2D eigenvalue weighted by Gasteiger charge is 2.43. The minimum Gasteiger partial charge on any atom is -0.472 e. The Kier molecular flexibility index (Phi) is 3.99. The Bertz CT molecular complexity index is 1900. The Morgan fingerprint density at radius 2 is 0.892 bits per heavy atom. The summed E-state index contributed by atoms with van der Waals surface area (Å²) in [5.41, 5.74) is 8.06. The number of nitrogens with zero attached hydrogens (tertiary/aromatic N) is 2. The molecule has 3 heterocycles. The van der Waals surface area contributed by atoms with E-state index in [4.69, 9.17) is 0 Å². The average molecular weight is 493 g/mol. The first-order valence-corrected chi connectivity index (χ1v) is 15.0. The largest absolute Gasteiger partial charge is 0.472 e. The number of hydrogen-bond donors (Lipinski definition) is 0. The maximum atomic E-state index is 2.81. The molecular formula is C34H28N2Si-. The summed E-state index contributed by atoms with van der Waals surface area (Å²) in [6, 6.07) is 43.3. The third-order valence-electron chi connectivity index (χ3n) is 8.55. The molecule has 0 N–H and O–H groups in total. The van der Waals surface area contributed by atoms with E-state index in [0.29, 0.717) is 0 Å². The molecule has 2 nitrogen and oxygen atoms in total. The van der Waals surface area contributed by atoms with Crippen LogP contribution in [0.1, 0.15) is 20.8 Å². The quantitative estimate of drug-likeness (QED) is 0.204. The molecule has 8 rings (SSSR count). The van der Waals surface area contributed by atoms with Crippen molar-refractivity contribution < 1.29 is 0 Å². The fourth-order valence-corrected chi connectivity index (χ4v) is 13.1. The molecular weight excluding hydrogens is 464 g/mol. The lowest BCUT2D eigenvalue weighted by Gasteiger charge is -2.58. The van der Waals surface area contributed by atoms with E-state index in [2.05, 4.69) is 144 Å². The molecule has 179 valence electrons. The molecule has 0 aliphatic carbocycles. The smallest absolute Gasteiger partial charge is 0.104 e. The third-order valence-corrected chi connectivity index (χ3v) is 14.0. The first-order chi connectivity index (χ1) is 18.0. The second kappa shape index (κ2) is 7.02. The maximum Gasteiger partial charge on any atom is 0.104 e. The van der Waals surface area contributed by atoms with Crippen LogP contribution in [0.3, 0.4) is 0 Å². The zero-order chi connectivity index (χ0) is 24.9. The lowest BCUT2D eigenvalue weighted by atomic mass is 9.99. The van der Waals surface area contributed by atoms with Crippen LogP contribution in [0.25, 0.3) is 54.7 Å². The summed E-state index contributed by atoms with van der Waals surface area (Å²) in [4.78, 5) is 0. The van der Waals surface area contributed by atoms with Crippen LogP contribution < -0.4 is 5.19 Å². The molecule has 0 saturated carbocycles. The normalized spacial score (nSPS) is 14.6. The molecule has 0 radical (unpaired) electrons. The number of para-hydroxylation sites is 4. The van der Waals surface area contributed by atoms with E-state index in [-0.39, 0.29) is 5.04 Å². The molecule has 5 aromatic carbocycles. The van der Waals surface area contributed by atoms with Crippen LogP contribution in [0.2, 0.25) is 5.04 Å². The standard InChI is InChI=1S/C34H28N2Si/c1-34(2,3)37(23-13-5-4-6-14-23)35-30-21-9-7-15-24(30)26-17-11-19-28(32(26)35)29-20-12-18-27-25-16-8-10-22-31(25)36(37)33(27)29/h4-22H,1-3H3/q-1. The third kappa shape index (κ3) is 2.41. The summed E-state index contributed by atoms with van der Waals surface area (Å²) in [5, 5.41) is 6.74. The van der Waals surface area contributed by atoms with Crippen molar-refractivity contribution in [2.45, 2.75) is 25.8 Å². The summed E-state index contributed by atoms with van der Waals surface area (Å²) in [7, 11) is -2.80. The summed E-state index contributed by atoms with van der Waals surface area (Å²) >= 11 is 0. The highest BCUT2D eigenvalue weighted by molar-refractivity contribution is 6.94. The lowest BCUT2D eigenvalue weighted by molar-refractivity contribution is 0.692. The summed E-state index contributed by atoms with van der Waals surface area (Å²) in [6.45, 7) is 7.39. The van der Waals surface area contributed by atoms with Crippen LogP contribution in [-0.2, 0) is 0 Å². The van der Waals surface area contributed by atoms with Gasteiger partial charge in [-0.1, -0.05) is 124 Å². The molecule has 1 aliphatic rings. The monoisotopic (exact) mass is 492 g/mol. The summed E-state index contributed by atoms with van der Waals surface area (Å²) in [5.74, 6) is 0. The minimum atomic E-state index is -2.80. The van der Waals surface area contributed by atoms with Gasteiger partial charge in [-0.15, -0.1) is 10.2 Å². The van der Waals surface area contributed by atoms with Crippen molar-refractivity contribution in [1.29, 1.82) is 0 Å². The molecule has 0 saturated heterocycles. The van der Waals surface area contributed by atoms with Crippen molar-refractivity contribution in [3.05, 3.63) is 115 Å².